The van der Waals surface area contributed by atoms with Gasteiger partial charge in [-0.2, -0.15) is 0 Å². The van der Waals surface area contributed by atoms with Crippen molar-refractivity contribution in [1.29, 1.82) is 0 Å². The molecule has 2 heterocycles. The molecule has 2 N–H and O–H groups in total. The minimum absolute atomic E-state index is 0.428. The Kier molecular flexibility index (Phi) is 5.21. The summed E-state index contributed by atoms with van der Waals surface area (Å²) >= 11 is 0. The van der Waals surface area contributed by atoms with Crippen molar-refractivity contribution in [3.05, 3.63) is 36.0 Å². The highest BCUT2D eigenvalue weighted by Gasteiger charge is 2.26. The summed E-state index contributed by atoms with van der Waals surface area (Å²) in [5, 5.41) is 23.7. The number of aliphatic hydroxyl groups is 1. The summed E-state index contributed by atoms with van der Waals surface area (Å²) in [5.74, 6) is 0. The molecule has 3 atom stereocenters. The summed E-state index contributed by atoms with van der Waals surface area (Å²) in [6.07, 6.45) is 6.65. The average Bonchev–Trinajstić information content (AvgIpc) is 2.90. The lowest BCUT2D eigenvalue weighted by atomic mass is 9.97. The van der Waals surface area contributed by atoms with Crippen LogP contribution in [-0.2, 0) is 6.54 Å². The number of para-hydroxylation sites is 1. The van der Waals surface area contributed by atoms with E-state index in [1.54, 1.807) is 0 Å². The van der Waals surface area contributed by atoms with Crippen LogP contribution in [0.3, 0.4) is 0 Å². The van der Waals surface area contributed by atoms with Crippen molar-refractivity contribution in [3.63, 3.8) is 0 Å². The van der Waals surface area contributed by atoms with Crippen LogP contribution in [-0.4, -0.2) is 50.7 Å². The van der Waals surface area contributed by atoms with Crippen LogP contribution < -0.4 is 0 Å². The van der Waals surface area contributed by atoms with E-state index < -0.39 is 6.10 Å². The maximum atomic E-state index is 10.6. The molecule has 1 aromatic carbocycles. The minimum atomic E-state index is -0.428. The third-order valence-corrected chi connectivity index (χ3v) is 5.22. The Hall–Kier alpha value is -1.85. The third kappa shape index (κ3) is 3.47. The van der Waals surface area contributed by atoms with Gasteiger partial charge >= 0.3 is 0 Å². The summed E-state index contributed by atoms with van der Waals surface area (Å²) in [6, 6.07) is 9.05. The molecule has 2 aromatic rings. The number of likely N-dealkylation sites (tertiary alicyclic amines) is 1. The number of benzene rings is 1. The van der Waals surface area contributed by atoms with Gasteiger partial charge in [0, 0.05) is 47.8 Å². The Balaban J connectivity index is 1.77. The monoisotopic (exact) mass is 329 g/mol. The predicted molar refractivity (Wildman–Crippen MR) is 96.8 cm³/mol. The predicted octanol–water partition coefficient (Wildman–Crippen LogP) is 3.07. The van der Waals surface area contributed by atoms with Crippen molar-refractivity contribution in [1.82, 2.24) is 9.47 Å². The van der Waals surface area contributed by atoms with Gasteiger partial charge in [-0.3, -0.25) is 4.90 Å². The van der Waals surface area contributed by atoms with E-state index in [0.717, 1.165) is 16.5 Å². The van der Waals surface area contributed by atoms with Crippen LogP contribution in [0.15, 0.2) is 35.6 Å². The van der Waals surface area contributed by atoms with Gasteiger partial charge in [0.1, 0.15) is 0 Å². The van der Waals surface area contributed by atoms with Crippen molar-refractivity contribution in [2.24, 2.45) is 5.16 Å². The molecule has 3 rings (SSSR count). The SMILES string of the molecule is C[C@@H]1CCC[C@H](C)N1C[C@@H](O)Cn1cc(/C=N\O)c2ccccc21. The maximum Gasteiger partial charge on any atom is 0.0845 e. The molecule has 0 amide bonds. The zero-order chi connectivity index (χ0) is 17.1. The topological polar surface area (TPSA) is 61.0 Å². The first-order chi connectivity index (χ1) is 11.6. The molecule has 5 heteroatoms. The number of aromatic nitrogens is 1. The average molecular weight is 329 g/mol. The Morgan fingerprint density at radius 1 is 1.21 bits per heavy atom. The Morgan fingerprint density at radius 3 is 2.62 bits per heavy atom. The largest absolute Gasteiger partial charge is 0.411 e. The highest BCUT2D eigenvalue weighted by molar-refractivity contribution is 5.99. The van der Waals surface area contributed by atoms with Crippen LogP contribution in [0, 0.1) is 0 Å². The van der Waals surface area contributed by atoms with Crippen LogP contribution in [0.4, 0.5) is 0 Å². The minimum Gasteiger partial charge on any atom is -0.411 e. The van der Waals surface area contributed by atoms with E-state index in [2.05, 4.69) is 28.5 Å². The van der Waals surface area contributed by atoms with Crippen molar-refractivity contribution < 1.29 is 10.3 Å². The number of aliphatic hydroxyl groups excluding tert-OH is 1. The van der Waals surface area contributed by atoms with Crippen molar-refractivity contribution >= 4 is 17.1 Å². The molecule has 1 fully saturated rings. The molecular formula is C19H27N3O2. The van der Waals surface area contributed by atoms with Gasteiger partial charge < -0.3 is 14.9 Å². The fourth-order valence-electron chi connectivity index (χ4n) is 3.95. The number of β-amino-alcohol motifs (C(OH)–C–C–N with tert-alkyl or cyclic N) is 1. The number of piperidine rings is 1. The third-order valence-electron chi connectivity index (χ3n) is 5.22. The van der Waals surface area contributed by atoms with Crippen LogP contribution in [0.1, 0.15) is 38.7 Å². The summed E-state index contributed by atoms with van der Waals surface area (Å²) in [5.41, 5.74) is 1.91. The lowest BCUT2D eigenvalue weighted by Gasteiger charge is -2.40. The first-order valence-electron chi connectivity index (χ1n) is 8.79. The number of fused-ring (bicyclic) bond motifs is 1. The second-order valence-electron chi connectivity index (χ2n) is 6.98. The van der Waals surface area contributed by atoms with E-state index in [4.69, 9.17) is 5.21 Å². The molecule has 5 nitrogen and oxygen atoms in total. The molecule has 0 unspecified atom stereocenters. The van der Waals surface area contributed by atoms with E-state index in [0.29, 0.717) is 25.2 Å². The van der Waals surface area contributed by atoms with Crippen LogP contribution in [0.2, 0.25) is 0 Å². The van der Waals surface area contributed by atoms with Gasteiger partial charge in [-0.05, 0) is 32.8 Å². The van der Waals surface area contributed by atoms with E-state index in [9.17, 15) is 5.11 Å². The Bertz CT molecular complexity index is 700. The van der Waals surface area contributed by atoms with Gasteiger partial charge in [0.15, 0.2) is 0 Å². The molecule has 0 bridgehead atoms. The van der Waals surface area contributed by atoms with Gasteiger partial charge in [-0.15, -0.1) is 0 Å². The molecule has 1 aromatic heterocycles. The number of hydrogen-bond acceptors (Lipinski definition) is 4. The second-order valence-corrected chi connectivity index (χ2v) is 6.98. The number of nitrogens with zero attached hydrogens (tertiary/aromatic N) is 3. The van der Waals surface area contributed by atoms with Gasteiger partial charge in [0.05, 0.1) is 12.3 Å². The second kappa shape index (κ2) is 7.36. The molecule has 130 valence electrons. The molecule has 0 spiro atoms. The molecule has 0 aliphatic carbocycles. The van der Waals surface area contributed by atoms with Crippen LogP contribution >= 0.6 is 0 Å². The molecule has 1 aliphatic heterocycles. The lowest BCUT2D eigenvalue weighted by molar-refractivity contribution is 0.0352. The van der Waals surface area contributed by atoms with Gasteiger partial charge in [0.2, 0.25) is 0 Å². The normalized spacial score (nSPS) is 24.0. The summed E-state index contributed by atoms with van der Waals surface area (Å²) < 4.78 is 2.05. The smallest absolute Gasteiger partial charge is 0.0845 e. The number of rotatable bonds is 5. The maximum absolute atomic E-state index is 10.6. The zero-order valence-corrected chi connectivity index (χ0v) is 14.5. The van der Waals surface area contributed by atoms with E-state index in [1.165, 1.54) is 25.5 Å². The Labute approximate surface area is 143 Å². The summed E-state index contributed by atoms with van der Waals surface area (Å²) in [4.78, 5) is 2.43. The van der Waals surface area contributed by atoms with Crippen LogP contribution in [0.5, 0.6) is 0 Å². The molecular weight excluding hydrogens is 302 g/mol. The first kappa shape index (κ1) is 17.0. The summed E-state index contributed by atoms with van der Waals surface area (Å²) in [6.45, 7) is 5.74. The van der Waals surface area contributed by atoms with E-state index >= 15 is 0 Å². The van der Waals surface area contributed by atoms with Gasteiger partial charge in [-0.1, -0.05) is 29.8 Å². The molecule has 1 saturated heterocycles. The van der Waals surface area contributed by atoms with Crippen molar-refractivity contribution in [3.8, 4) is 0 Å². The number of oxime groups is 1. The fourth-order valence-corrected chi connectivity index (χ4v) is 3.95. The van der Waals surface area contributed by atoms with Gasteiger partial charge in [0.25, 0.3) is 0 Å². The quantitative estimate of drug-likeness (QED) is 0.503. The Morgan fingerprint density at radius 2 is 1.92 bits per heavy atom. The lowest BCUT2D eigenvalue weighted by Crippen LogP contribution is -2.47. The molecule has 1 aliphatic rings. The highest BCUT2D eigenvalue weighted by atomic mass is 16.4. The zero-order valence-electron chi connectivity index (χ0n) is 14.5. The molecule has 24 heavy (non-hydrogen) atoms. The summed E-state index contributed by atoms with van der Waals surface area (Å²) in [7, 11) is 0. The van der Waals surface area contributed by atoms with Gasteiger partial charge in [-0.25, -0.2) is 0 Å². The van der Waals surface area contributed by atoms with Crippen molar-refractivity contribution in [2.45, 2.75) is 57.8 Å². The number of hydrogen-bond donors (Lipinski definition) is 2. The fraction of sp³-hybridized carbons (Fsp3) is 0.526. The van der Waals surface area contributed by atoms with Crippen LogP contribution in [0.25, 0.3) is 10.9 Å². The standard InChI is InChI=1S/C19H27N3O2/c1-14-6-5-7-15(2)22(14)13-17(23)12-21-11-16(10-20-24)18-8-3-4-9-19(18)21/h3-4,8-11,14-15,17,23-24H,5-7,12-13H2,1-2H3/b20-10-/t14-,15+,17-/m0/s1. The molecule has 0 radical (unpaired) electrons. The van der Waals surface area contributed by atoms with Crippen molar-refractivity contribution in [2.75, 3.05) is 6.54 Å². The van der Waals surface area contributed by atoms with E-state index in [1.807, 2.05) is 30.5 Å². The highest BCUT2D eigenvalue weighted by Crippen LogP contribution is 2.24. The molecule has 0 saturated carbocycles. The van der Waals surface area contributed by atoms with E-state index in [-0.39, 0.29) is 0 Å². The first-order valence-corrected chi connectivity index (χ1v) is 8.79.